The van der Waals surface area contributed by atoms with Gasteiger partial charge in [-0.25, -0.2) is 0 Å². The average molecular weight is 208 g/mol. The van der Waals surface area contributed by atoms with E-state index in [4.69, 9.17) is 10.5 Å². The van der Waals surface area contributed by atoms with Crippen molar-refractivity contribution in [3.8, 4) is 5.75 Å². The molecule has 4 heteroatoms. The molecular formula is C11H16N2O2. The molecule has 82 valence electrons. The highest BCUT2D eigenvalue weighted by Gasteiger charge is 2.04. The van der Waals surface area contributed by atoms with Crippen molar-refractivity contribution in [1.82, 2.24) is 5.32 Å². The summed E-state index contributed by atoms with van der Waals surface area (Å²) < 4.78 is 5.34. The first-order chi connectivity index (χ1) is 7.15. The molecule has 0 bridgehead atoms. The largest absolute Gasteiger partial charge is 0.483 e. The molecule has 0 radical (unpaired) electrons. The van der Waals surface area contributed by atoms with Gasteiger partial charge < -0.3 is 15.8 Å². The van der Waals surface area contributed by atoms with Gasteiger partial charge >= 0.3 is 0 Å². The molecule has 0 aromatic heterocycles. The van der Waals surface area contributed by atoms with Gasteiger partial charge in [0, 0.05) is 17.8 Å². The summed E-state index contributed by atoms with van der Waals surface area (Å²) in [5.41, 5.74) is 7.24. The number of carbonyl (C=O) groups excluding carboxylic acids is 1. The zero-order valence-corrected chi connectivity index (χ0v) is 9.04. The van der Waals surface area contributed by atoms with Crippen molar-refractivity contribution in [2.45, 2.75) is 13.8 Å². The summed E-state index contributed by atoms with van der Waals surface area (Å²) in [5.74, 6) is 0.528. The summed E-state index contributed by atoms with van der Waals surface area (Å²) in [6, 6.07) is 5.40. The van der Waals surface area contributed by atoms with Crippen LogP contribution in [0.15, 0.2) is 18.2 Å². The van der Waals surface area contributed by atoms with Gasteiger partial charge in [0.2, 0.25) is 0 Å². The molecule has 0 aliphatic rings. The van der Waals surface area contributed by atoms with E-state index in [1.165, 1.54) is 0 Å². The standard InChI is InChI=1S/C11H16N2O2/c1-3-13-11(14)7-15-10-6-4-5-9(12)8(10)2/h4-6H,3,7,12H2,1-2H3,(H,13,14). The molecule has 0 heterocycles. The summed E-state index contributed by atoms with van der Waals surface area (Å²) in [4.78, 5) is 11.1. The normalized spacial score (nSPS) is 9.73. The second-order valence-corrected chi connectivity index (χ2v) is 3.21. The van der Waals surface area contributed by atoms with Gasteiger partial charge in [-0.1, -0.05) is 6.07 Å². The van der Waals surface area contributed by atoms with Crippen molar-refractivity contribution >= 4 is 11.6 Å². The number of likely N-dealkylation sites (N-methyl/N-ethyl adjacent to an activating group) is 1. The molecule has 0 unspecified atom stereocenters. The smallest absolute Gasteiger partial charge is 0.257 e. The molecule has 0 fully saturated rings. The highest BCUT2D eigenvalue weighted by atomic mass is 16.5. The molecule has 0 aliphatic heterocycles. The van der Waals surface area contributed by atoms with Gasteiger partial charge in [0.25, 0.3) is 5.91 Å². The number of nitrogens with one attached hydrogen (secondary N) is 1. The van der Waals surface area contributed by atoms with Gasteiger partial charge in [0.15, 0.2) is 6.61 Å². The van der Waals surface area contributed by atoms with E-state index in [1.54, 1.807) is 18.2 Å². The first-order valence-corrected chi connectivity index (χ1v) is 4.89. The van der Waals surface area contributed by atoms with Crippen LogP contribution < -0.4 is 15.8 Å². The zero-order valence-electron chi connectivity index (χ0n) is 9.04. The molecule has 0 atom stereocenters. The predicted octanol–water partition coefficient (Wildman–Crippen LogP) is 1.09. The van der Waals surface area contributed by atoms with Crippen LogP contribution in [-0.2, 0) is 4.79 Å². The summed E-state index contributed by atoms with van der Waals surface area (Å²) in [6.45, 7) is 4.36. The molecular weight excluding hydrogens is 192 g/mol. The van der Waals surface area contributed by atoms with Gasteiger partial charge in [-0.3, -0.25) is 4.79 Å². The molecule has 0 saturated carbocycles. The number of rotatable bonds is 4. The Balaban J connectivity index is 2.58. The zero-order chi connectivity index (χ0) is 11.3. The number of carbonyl (C=O) groups is 1. The van der Waals surface area contributed by atoms with Gasteiger partial charge in [-0.2, -0.15) is 0 Å². The molecule has 1 aromatic rings. The lowest BCUT2D eigenvalue weighted by molar-refractivity contribution is -0.122. The van der Waals surface area contributed by atoms with Crippen LogP contribution in [0.1, 0.15) is 12.5 Å². The Labute approximate surface area is 89.4 Å². The Kier molecular flexibility index (Phi) is 3.97. The van der Waals surface area contributed by atoms with E-state index in [0.717, 1.165) is 5.56 Å². The third kappa shape index (κ3) is 3.16. The third-order valence-electron chi connectivity index (χ3n) is 2.06. The lowest BCUT2D eigenvalue weighted by Gasteiger charge is -2.10. The number of anilines is 1. The van der Waals surface area contributed by atoms with E-state index >= 15 is 0 Å². The molecule has 0 saturated heterocycles. The maximum absolute atomic E-state index is 11.1. The Morgan fingerprint density at radius 1 is 1.53 bits per heavy atom. The van der Waals surface area contributed by atoms with Crippen LogP contribution in [0.4, 0.5) is 5.69 Å². The molecule has 3 N–H and O–H groups in total. The molecule has 1 amide bonds. The fraction of sp³-hybridized carbons (Fsp3) is 0.364. The Hall–Kier alpha value is -1.71. The number of hydrogen-bond donors (Lipinski definition) is 2. The SMILES string of the molecule is CCNC(=O)COc1cccc(N)c1C. The fourth-order valence-electron chi connectivity index (χ4n) is 1.18. The number of ether oxygens (including phenoxy) is 1. The van der Waals surface area contributed by atoms with Crippen molar-refractivity contribution in [3.63, 3.8) is 0 Å². The molecule has 15 heavy (non-hydrogen) atoms. The first-order valence-electron chi connectivity index (χ1n) is 4.89. The van der Waals surface area contributed by atoms with E-state index in [0.29, 0.717) is 18.0 Å². The van der Waals surface area contributed by atoms with Gasteiger partial charge in [0.05, 0.1) is 0 Å². The molecule has 0 aliphatic carbocycles. The summed E-state index contributed by atoms with van der Waals surface area (Å²) in [7, 11) is 0. The van der Waals surface area contributed by atoms with E-state index < -0.39 is 0 Å². The lowest BCUT2D eigenvalue weighted by Crippen LogP contribution is -2.28. The van der Waals surface area contributed by atoms with Crippen molar-refractivity contribution in [2.75, 3.05) is 18.9 Å². The highest BCUT2D eigenvalue weighted by molar-refractivity contribution is 5.77. The minimum absolute atomic E-state index is 0.0259. The van der Waals surface area contributed by atoms with Crippen LogP contribution in [-0.4, -0.2) is 19.1 Å². The summed E-state index contributed by atoms with van der Waals surface area (Å²) >= 11 is 0. The molecule has 0 spiro atoms. The number of amides is 1. The van der Waals surface area contributed by atoms with Gasteiger partial charge in [-0.05, 0) is 26.0 Å². The van der Waals surface area contributed by atoms with Crippen molar-refractivity contribution in [1.29, 1.82) is 0 Å². The number of benzene rings is 1. The van der Waals surface area contributed by atoms with E-state index in [-0.39, 0.29) is 12.5 Å². The number of nitrogen functional groups attached to an aromatic ring is 1. The van der Waals surface area contributed by atoms with Crippen molar-refractivity contribution < 1.29 is 9.53 Å². The van der Waals surface area contributed by atoms with Crippen LogP contribution in [0.25, 0.3) is 0 Å². The summed E-state index contributed by atoms with van der Waals surface area (Å²) in [5, 5.41) is 2.65. The van der Waals surface area contributed by atoms with E-state index in [9.17, 15) is 4.79 Å². The quantitative estimate of drug-likeness (QED) is 0.728. The Bertz CT molecular complexity index is 350. The minimum Gasteiger partial charge on any atom is -0.483 e. The van der Waals surface area contributed by atoms with Crippen LogP contribution in [0.2, 0.25) is 0 Å². The van der Waals surface area contributed by atoms with Crippen LogP contribution in [0.3, 0.4) is 0 Å². The first kappa shape index (κ1) is 11.4. The van der Waals surface area contributed by atoms with E-state index in [1.807, 2.05) is 13.8 Å². The molecule has 4 nitrogen and oxygen atoms in total. The summed E-state index contributed by atoms with van der Waals surface area (Å²) in [6.07, 6.45) is 0. The highest BCUT2D eigenvalue weighted by Crippen LogP contribution is 2.22. The van der Waals surface area contributed by atoms with Crippen molar-refractivity contribution in [2.24, 2.45) is 0 Å². The average Bonchev–Trinajstić information content (AvgIpc) is 2.21. The fourth-order valence-corrected chi connectivity index (χ4v) is 1.18. The third-order valence-corrected chi connectivity index (χ3v) is 2.06. The minimum atomic E-state index is -0.126. The molecule has 1 rings (SSSR count). The van der Waals surface area contributed by atoms with E-state index in [2.05, 4.69) is 5.32 Å². The van der Waals surface area contributed by atoms with Gasteiger partial charge in [0.1, 0.15) is 5.75 Å². The maximum Gasteiger partial charge on any atom is 0.257 e. The van der Waals surface area contributed by atoms with Gasteiger partial charge in [-0.15, -0.1) is 0 Å². The topological polar surface area (TPSA) is 64.3 Å². The Morgan fingerprint density at radius 3 is 2.93 bits per heavy atom. The second-order valence-electron chi connectivity index (χ2n) is 3.21. The Morgan fingerprint density at radius 2 is 2.27 bits per heavy atom. The molecule has 1 aromatic carbocycles. The number of hydrogen-bond acceptors (Lipinski definition) is 3. The van der Waals surface area contributed by atoms with Crippen LogP contribution >= 0.6 is 0 Å². The second kappa shape index (κ2) is 5.24. The number of nitrogens with two attached hydrogens (primary N) is 1. The van der Waals surface area contributed by atoms with Crippen LogP contribution in [0.5, 0.6) is 5.75 Å². The monoisotopic (exact) mass is 208 g/mol. The van der Waals surface area contributed by atoms with Crippen molar-refractivity contribution in [3.05, 3.63) is 23.8 Å². The predicted molar refractivity (Wildman–Crippen MR) is 59.8 cm³/mol. The van der Waals surface area contributed by atoms with Crippen LogP contribution in [0, 0.1) is 6.92 Å². The maximum atomic E-state index is 11.1. The lowest BCUT2D eigenvalue weighted by atomic mass is 10.2.